The minimum atomic E-state index is -0.733. The Hall–Kier alpha value is -2.43. The summed E-state index contributed by atoms with van der Waals surface area (Å²) in [6, 6.07) is 9.52. The molecular formula is C18H20N2O3. The number of fused-ring (bicyclic) bond motifs is 1. The lowest BCUT2D eigenvalue weighted by molar-refractivity contribution is -0.142. The number of carboxylic acid groups (broad SMARTS) is 1. The maximum absolute atomic E-state index is 12.6. The number of benzene rings is 1. The highest BCUT2D eigenvalue weighted by Gasteiger charge is 2.27. The number of aromatic nitrogens is 1. The van der Waals surface area contributed by atoms with Crippen molar-refractivity contribution >= 4 is 22.8 Å². The van der Waals surface area contributed by atoms with Crippen molar-refractivity contribution in [1.82, 2.24) is 10.3 Å². The van der Waals surface area contributed by atoms with Crippen molar-refractivity contribution in [3.63, 3.8) is 0 Å². The van der Waals surface area contributed by atoms with Crippen LogP contribution in [0.3, 0.4) is 0 Å². The molecule has 0 saturated heterocycles. The summed E-state index contributed by atoms with van der Waals surface area (Å²) in [5, 5.41) is 13.0. The van der Waals surface area contributed by atoms with Crippen LogP contribution in [0, 0.1) is 12.8 Å². The predicted octanol–water partition coefficient (Wildman–Crippen LogP) is 2.92. The highest BCUT2D eigenvalue weighted by molar-refractivity contribution is 6.05. The van der Waals surface area contributed by atoms with Crippen LogP contribution in [-0.2, 0) is 4.79 Å². The molecule has 0 spiro atoms. The van der Waals surface area contributed by atoms with Gasteiger partial charge in [0.1, 0.15) is 0 Å². The zero-order chi connectivity index (χ0) is 16.4. The van der Waals surface area contributed by atoms with Crippen molar-refractivity contribution in [1.29, 1.82) is 0 Å². The zero-order valence-corrected chi connectivity index (χ0v) is 13.1. The average molecular weight is 312 g/mol. The van der Waals surface area contributed by atoms with Crippen LogP contribution in [0.5, 0.6) is 0 Å². The summed E-state index contributed by atoms with van der Waals surface area (Å²) >= 11 is 0. The first-order valence-corrected chi connectivity index (χ1v) is 7.94. The van der Waals surface area contributed by atoms with E-state index in [1.165, 1.54) is 0 Å². The number of para-hydroxylation sites is 1. The third-order valence-corrected chi connectivity index (χ3v) is 4.52. The van der Waals surface area contributed by atoms with Crippen molar-refractivity contribution in [2.45, 2.75) is 38.6 Å². The van der Waals surface area contributed by atoms with Crippen molar-refractivity contribution in [3.05, 3.63) is 41.6 Å². The van der Waals surface area contributed by atoms with Gasteiger partial charge in [0.2, 0.25) is 0 Å². The number of aliphatic carboxylic acids is 1. The second kappa shape index (κ2) is 6.36. The van der Waals surface area contributed by atoms with Gasteiger partial charge in [-0.3, -0.25) is 14.6 Å². The molecule has 1 aliphatic rings. The number of carboxylic acids is 1. The lowest BCUT2D eigenvalue weighted by Gasteiger charge is -2.26. The molecule has 120 valence electrons. The number of carbonyl (C=O) groups is 2. The molecule has 5 nitrogen and oxygen atoms in total. The molecule has 1 fully saturated rings. The van der Waals surface area contributed by atoms with Crippen LogP contribution in [0.25, 0.3) is 10.9 Å². The van der Waals surface area contributed by atoms with Crippen molar-refractivity contribution < 1.29 is 14.7 Å². The van der Waals surface area contributed by atoms with Crippen molar-refractivity contribution in [3.8, 4) is 0 Å². The van der Waals surface area contributed by atoms with E-state index >= 15 is 0 Å². The van der Waals surface area contributed by atoms with E-state index in [0.29, 0.717) is 36.8 Å². The lowest BCUT2D eigenvalue weighted by Crippen LogP contribution is -2.38. The molecule has 2 aromatic rings. The zero-order valence-electron chi connectivity index (χ0n) is 13.1. The van der Waals surface area contributed by atoms with Crippen LogP contribution < -0.4 is 5.32 Å². The van der Waals surface area contributed by atoms with Gasteiger partial charge in [-0.05, 0) is 44.7 Å². The normalized spacial score (nSPS) is 21.1. The first kappa shape index (κ1) is 15.5. The van der Waals surface area contributed by atoms with Crippen LogP contribution >= 0.6 is 0 Å². The molecule has 0 atom stereocenters. The first-order chi connectivity index (χ1) is 11.0. The van der Waals surface area contributed by atoms with Crippen LogP contribution in [0.15, 0.2) is 30.3 Å². The molecule has 1 aromatic carbocycles. The molecule has 23 heavy (non-hydrogen) atoms. The number of nitrogens with zero attached hydrogens (tertiary/aromatic N) is 1. The molecule has 1 aromatic heterocycles. The second-order valence-corrected chi connectivity index (χ2v) is 6.19. The fraction of sp³-hybridized carbons (Fsp3) is 0.389. The van der Waals surface area contributed by atoms with E-state index in [9.17, 15) is 9.59 Å². The number of hydrogen-bond acceptors (Lipinski definition) is 3. The Bertz CT molecular complexity index is 749. The Labute approximate surface area is 134 Å². The molecule has 3 rings (SSSR count). The molecule has 0 aliphatic heterocycles. The minimum absolute atomic E-state index is 0.0400. The maximum atomic E-state index is 12.6. The number of rotatable bonds is 3. The lowest BCUT2D eigenvalue weighted by atomic mass is 9.86. The highest BCUT2D eigenvalue weighted by atomic mass is 16.4. The summed E-state index contributed by atoms with van der Waals surface area (Å²) in [6.07, 6.45) is 2.65. The van der Waals surface area contributed by atoms with E-state index < -0.39 is 5.97 Å². The standard InChI is InChI=1S/C18H20N2O3/c1-11-5-6-12-3-2-4-15(16(12)19-11)17(21)20-14-9-7-13(8-10-14)18(22)23/h2-6,13-14H,7-10H2,1H3,(H,20,21)(H,22,23). The Balaban J connectivity index is 1.74. The Morgan fingerprint density at radius 3 is 2.57 bits per heavy atom. The predicted molar refractivity (Wildman–Crippen MR) is 87.3 cm³/mol. The van der Waals surface area contributed by atoms with Gasteiger partial charge in [0, 0.05) is 17.1 Å². The van der Waals surface area contributed by atoms with E-state index in [2.05, 4.69) is 10.3 Å². The SMILES string of the molecule is Cc1ccc2cccc(C(=O)NC3CCC(C(=O)O)CC3)c2n1. The van der Waals surface area contributed by atoms with Gasteiger partial charge in [-0.25, -0.2) is 0 Å². The summed E-state index contributed by atoms with van der Waals surface area (Å²) in [7, 11) is 0. The van der Waals surface area contributed by atoms with Crippen molar-refractivity contribution in [2.75, 3.05) is 0 Å². The number of pyridine rings is 1. The van der Waals surface area contributed by atoms with Gasteiger partial charge in [0.05, 0.1) is 17.0 Å². The van der Waals surface area contributed by atoms with Crippen LogP contribution in [0.1, 0.15) is 41.7 Å². The van der Waals surface area contributed by atoms with Gasteiger partial charge < -0.3 is 10.4 Å². The Morgan fingerprint density at radius 1 is 1.13 bits per heavy atom. The molecule has 1 amide bonds. The van der Waals surface area contributed by atoms with Gasteiger partial charge in [-0.15, -0.1) is 0 Å². The van der Waals surface area contributed by atoms with Crippen LogP contribution in [0.4, 0.5) is 0 Å². The Morgan fingerprint density at radius 2 is 1.87 bits per heavy atom. The number of nitrogens with one attached hydrogen (secondary N) is 1. The summed E-state index contributed by atoms with van der Waals surface area (Å²) in [4.78, 5) is 28.1. The van der Waals surface area contributed by atoms with E-state index in [1.807, 2.05) is 31.2 Å². The summed E-state index contributed by atoms with van der Waals surface area (Å²) in [5.41, 5.74) is 2.16. The number of carbonyl (C=O) groups excluding carboxylic acids is 1. The molecule has 1 heterocycles. The van der Waals surface area contributed by atoms with E-state index in [0.717, 1.165) is 11.1 Å². The molecule has 5 heteroatoms. The van der Waals surface area contributed by atoms with Gasteiger partial charge in [0.15, 0.2) is 0 Å². The van der Waals surface area contributed by atoms with Gasteiger partial charge >= 0.3 is 5.97 Å². The maximum Gasteiger partial charge on any atom is 0.306 e. The number of hydrogen-bond donors (Lipinski definition) is 2. The molecule has 1 saturated carbocycles. The summed E-state index contributed by atoms with van der Waals surface area (Å²) in [5.74, 6) is -1.14. The molecule has 0 radical (unpaired) electrons. The first-order valence-electron chi connectivity index (χ1n) is 7.94. The van der Waals surface area contributed by atoms with Gasteiger partial charge in [0.25, 0.3) is 5.91 Å². The number of aryl methyl sites for hydroxylation is 1. The number of amides is 1. The monoisotopic (exact) mass is 312 g/mol. The van der Waals surface area contributed by atoms with E-state index in [1.54, 1.807) is 6.07 Å². The molecule has 0 bridgehead atoms. The minimum Gasteiger partial charge on any atom is -0.481 e. The third kappa shape index (κ3) is 3.33. The van der Waals surface area contributed by atoms with Gasteiger partial charge in [-0.2, -0.15) is 0 Å². The molecule has 2 N–H and O–H groups in total. The van der Waals surface area contributed by atoms with Crippen LogP contribution in [0.2, 0.25) is 0 Å². The third-order valence-electron chi connectivity index (χ3n) is 4.52. The highest BCUT2D eigenvalue weighted by Crippen LogP contribution is 2.25. The topological polar surface area (TPSA) is 79.3 Å². The van der Waals surface area contributed by atoms with Gasteiger partial charge in [-0.1, -0.05) is 18.2 Å². The largest absolute Gasteiger partial charge is 0.481 e. The van der Waals surface area contributed by atoms with E-state index in [-0.39, 0.29) is 17.9 Å². The smallest absolute Gasteiger partial charge is 0.306 e. The molecular weight excluding hydrogens is 292 g/mol. The fourth-order valence-electron chi connectivity index (χ4n) is 3.18. The quantitative estimate of drug-likeness (QED) is 0.913. The van der Waals surface area contributed by atoms with Crippen molar-refractivity contribution in [2.24, 2.45) is 5.92 Å². The summed E-state index contributed by atoms with van der Waals surface area (Å²) in [6.45, 7) is 1.90. The molecule has 1 aliphatic carbocycles. The Kier molecular flexibility index (Phi) is 4.28. The van der Waals surface area contributed by atoms with E-state index in [4.69, 9.17) is 5.11 Å². The average Bonchev–Trinajstić information content (AvgIpc) is 2.54. The molecule has 0 unspecified atom stereocenters. The summed E-state index contributed by atoms with van der Waals surface area (Å²) < 4.78 is 0. The second-order valence-electron chi connectivity index (χ2n) is 6.19. The van der Waals surface area contributed by atoms with Crippen LogP contribution in [-0.4, -0.2) is 28.0 Å². The fourth-order valence-corrected chi connectivity index (χ4v) is 3.18.